The SMILES string of the molecule is CO[C@@H]1CCC[C@@H](N(C)Cc2cc(OCc3ccccc3)ccc2OCC(N)=O)[C@H]1O. The fraction of sp³-hybridized carbons (Fsp3) is 0.458. The second-order valence-corrected chi connectivity index (χ2v) is 7.98. The average molecular weight is 429 g/mol. The van der Waals surface area contributed by atoms with Gasteiger partial charge in [-0.2, -0.15) is 0 Å². The molecule has 0 spiro atoms. The molecule has 3 atom stereocenters. The number of hydrogen-bond donors (Lipinski definition) is 2. The van der Waals surface area contributed by atoms with Gasteiger partial charge in [0.2, 0.25) is 0 Å². The fourth-order valence-electron chi connectivity index (χ4n) is 4.04. The third-order valence-corrected chi connectivity index (χ3v) is 5.70. The molecule has 1 saturated carbocycles. The summed E-state index contributed by atoms with van der Waals surface area (Å²) in [6.07, 6.45) is 2.02. The zero-order valence-corrected chi connectivity index (χ0v) is 18.2. The maximum absolute atomic E-state index is 11.2. The third-order valence-electron chi connectivity index (χ3n) is 5.70. The Labute approximate surface area is 183 Å². The molecule has 3 rings (SSSR count). The van der Waals surface area contributed by atoms with E-state index in [1.54, 1.807) is 13.2 Å². The van der Waals surface area contributed by atoms with Crippen LogP contribution in [0.2, 0.25) is 0 Å². The zero-order valence-electron chi connectivity index (χ0n) is 18.2. The number of hydrogen-bond acceptors (Lipinski definition) is 6. The molecule has 3 N–H and O–H groups in total. The molecular formula is C24H32N2O5. The van der Waals surface area contributed by atoms with Crippen LogP contribution in [0.5, 0.6) is 11.5 Å². The molecule has 1 aliphatic carbocycles. The molecule has 0 radical (unpaired) electrons. The van der Waals surface area contributed by atoms with E-state index < -0.39 is 12.0 Å². The van der Waals surface area contributed by atoms with Crippen molar-refractivity contribution in [3.63, 3.8) is 0 Å². The molecule has 0 aromatic heterocycles. The van der Waals surface area contributed by atoms with Crippen LogP contribution in [0.3, 0.4) is 0 Å². The number of rotatable bonds is 10. The number of carbonyl (C=O) groups excluding carboxylic acids is 1. The van der Waals surface area contributed by atoms with Crippen molar-refractivity contribution in [1.82, 2.24) is 4.90 Å². The molecule has 2 aromatic carbocycles. The molecule has 0 bridgehead atoms. The number of amides is 1. The summed E-state index contributed by atoms with van der Waals surface area (Å²) in [5.41, 5.74) is 7.19. The maximum atomic E-state index is 11.2. The number of ether oxygens (including phenoxy) is 3. The van der Waals surface area contributed by atoms with E-state index in [0.29, 0.717) is 24.7 Å². The van der Waals surface area contributed by atoms with Crippen molar-refractivity contribution in [1.29, 1.82) is 0 Å². The Kier molecular flexibility index (Phi) is 8.28. The van der Waals surface area contributed by atoms with Gasteiger partial charge in [0, 0.05) is 25.3 Å². The van der Waals surface area contributed by atoms with Crippen LogP contribution in [0.1, 0.15) is 30.4 Å². The van der Waals surface area contributed by atoms with Gasteiger partial charge in [0.15, 0.2) is 6.61 Å². The lowest BCUT2D eigenvalue weighted by molar-refractivity contribution is -0.119. The first-order valence-electron chi connectivity index (χ1n) is 10.6. The molecular weight excluding hydrogens is 396 g/mol. The predicted octanol–water partition coefficient (Wildman–Crippen LogP) is 2.49. The summed E-state index contributed by atoms with van der Waals surface area (Å²) in [4.78, 5) is 13.3. The van der Waals surface area contributed by atoms with Crippen LogP contribution in [0.15, 0.2) is 48.5 Å². The first kappa shape index (κ1) is 23.1. The molecule has 7 heteroatoms. The molecule has 31 heavy (non-hydrogen) atoms. The Hall–Kier alpha value is -2.61. The lowest BCUT2D eigenvalue weighted by Crippen LogP contribution is -2.50. The van der Waals surface area contributed by atoms with Crippen LogP contribution in [-0.4, -0.2) is 54.9 Å². The van der Waals surface area contributed by atoms with Crippen molar-refractivity contribution in [2.24, 2.45) is 5.73 Å². The first-order valence-corrected chi connectivity index (χ1v) is 10.6. The summed E-state index contributed by atoms with van der Waals surface area (Å²) < 4.78 is 17.0. The maximum Gasteiger partial charge on any atom is 0.255 e. The van der Waals surface area contributed by atoms with Gasteiger partial charge in [-0.25, -0.2) is 0 Å². The van der Waals surface area contributed by atoms with Gasteiger partial charge in [0.1, 0.15) is 18.1 Å². The number of aliphatic hydroxyl groups is 1. The number of primary amides is 1. The van der Waals surface area contributed by atoms with E-state index >= 15 is 0 Å². The van der Waals surface area contributed by atoms with Crippen LogP contribution >= 0.6 is 0 Å². The molecule has 7 nitrogen and oxygen atoms in total. The normalized spacial score (nSPS) is 21.1. The molecule has 0 unspecified atom stereocenters. The molecule has 1 amide bonds. The second kappa shape index (κ2) is 11.1. The topological polar surface area (TPSA) is 94.3 Å². The van der Waals surface area contributed by atoms with Crippen molar-refractivity contribution in [3.8, 4) is 11.5 Å². The van der Waals surface area contributed by atoms with E-state index in [-0.39, 0.29) is 18.8 Å². The van der Waals surface area contributed by atoms with Crippen LogP contribution in [0.4, 0.5) is 0 Å². The molecule has 0 saturated heterocycles. The van der Waals surface area contributed by atoms with E-state index in [1.807, 2.05) is 49.5 Å². The van der Waals surface area contributed by atoms with Gasteiger partial charge in [0.05, 0.1) is 12.2 Å². The van der Waals surface area contributed by atoms with Crippen molar-refractivity contribution in [3.05, 3.63) is 59.7 Å². The molecule has 1 fully saturated rings. The van der Waals surface area contributed by atoms with Gasteiger partial charge in [0.25, 0.3) is 5.91 Å². The van der Waals surface area contributed by atoms with Crippen molar-refractivity contribution in [2.45, 2.75) is 50.7 Å². The molecule has 0 aliphatic heterocycles. The zero-order chi connectivity index (χ0) is 22.2. The molecule has 0 heterocycles. The smallest absolute Gasteiger partial charge is 0.255 e. The monoisotopic (exact) mass is 428 g/mol. The number of nitrogens with zero attached hydrogens (tertiary/aromatic N) is 1. The van der Waals surface area contributed by atoms with E-state index in [4.69, 9.17) is 19.9 Å². The van der Waals surface area contributed by atoms with E-state index in [2.05, 4.69) is 4.90 Å². The Balaban J connectivity index is 1.75. The van der Waals surface area contributed by atoms with Gasteiger partial charge in [-0.15, -0.1) is 0 Å². The summed E-state index contributed by atoms with van der Waals surface area (Å²) >= 11 is 0. The van der Waals surface area contributed by atoms with Crippen LogP contribution in [0, 0.1) is 0 Å². The molecule has 1 aliphatic rings. The number of methoxy groups -OCH3 is 1. The highest BCUT2D eigenvalue weighted by atomic mass is 16.5. The Morgan fingerprint density at radius 2 is 1.94 bits per heavy atom. The highest BCUT2D eigenvalue weighted by Crippen LogP contribution is 2.30. The summed E-state index contributed by atoms with van der Waals surface area (Å²) in [5.74, 6) is 0.748. The number of nitrogens with two attached hydrogens (primary N) is 1. The van der Waals surface area contributed by atoms with Crippen molar-refractivity contribution >= 4 is 5.91 Å². The van der Waals surface area contributed by atoms with E-state index in [0.717, 1.165) is 30.4 Å². The largest absolute Gasteiger partial charge is 0.489 e. The minimum atomic E-state index is -0.559. The Bertz CT molecular complexity index is 845. The fourth-order valence-corrected chi connectivity index (χ4v) is 4.04. The predicted molar refractivity (Wildman–Crippen MR) is 118 cm³/mol. The lowest BCUT2D eigenvalue weighted by Gasteiger charge is -2.39. The van der Waals surface area contributed by atoms with Crippen LogP contribution < -0.4 is 15.2 Å². The van der Waals surface area contributed by atoms with Gasteiger partial charge in [-0.05, 0) is 50.1 Å². The van der Waals surface area contributed by atoms with E-state index in [1.165, 1.54) is 0 Å². The van der Waals surface area contributed by atoms with Crippen molar-refractivity contribution in [2.75, 3.05) is 20.8 Å². The highest BCUT2D eigenvalue weighted by molar-refractivity contribution is 5.75. The number of carbonyl (C=O) groups is 1. The average Bonchev–Trinajstić information content (AvgIpc) is 2.77. The van der Waals surface area contributed by atoms with E-state index in [9.17, 15) is 9.90 Å². The minimum absolute atomic E-state index is 0.0309. The summed E-state index contributed by atoms with van der Waals surface area (Å²) in [6, 6.07) is 15.4. The van der Waals surface area contributed by atoms with Gasteiger partial charge < -0.3 is 25.1 Å². The second-order valence-electron chi connectivity index (χ2n) is 7.98. The molecule has 168 valence electrons. The number of aliphatic hydroxyl groups excluding tert-OH is 1. The minimum Gasteiger partial charge on any atom is -0.489 e. The van der Waals surface area contributed by atoms with Crippen LogP contribution in [-0.2, 0) is 22.7 Å². The third kappa shape index (κ3) is 6.43. The quantitative estimate of drug-likeness (QED) is 0.604. The van der Waals surface area contributed by atoms with Gasteiger partial charge >= 0.3 is 0 Å². The molecule has 2 aromatic rings. The van der Waals surface area contributed by atoms with Gasteiger partial charge in [-0.3, -0.25) is 9.69 Å². The summed E-state index contributed by atoms with van der Waals surface area (Å²) in [6.45, 7) is 0.780. The summed E-state index contributed by atoms with van der Waals surface area (Å²) in [5, 5.41) is 10.7. The first-order chi connectivity index (χ1) is 15.0. The van der Waals surface area contributed by atoms with Crippen molar-refractivity contribution < 1.29 is 24.1 Å². The highest BCUT2D eigenvalue weighted by Gasteiger charge is 2.34. The van der Waals surface area contributed by atoms with Gasteiger partial charge in [-0.1, -0.05) is 30.3 Å². The Morgan fingerprint density at radius 1 is 1.16 bits per heavy atom. The lowest BCUT2D eigenvalue weighted by atomic mass is 9.89. The van der Waals surface area contributed by atoms with Crippen LogP contribution in [0.25, 0.3) is 0 Å². The standard InChI is InChI=1S/C24H32N2O5/c1-26(20-9-6-10-22(29-2)24(20)28)14-18-13-19(11-12-21(18)31-16-23(25)27)30-15-17-7-4-3-5-8-17/h3-5,7-8,11-13,20,22,24,28H,6,9-10,14-16H2,1-2H3,(H2,25,27)/t20-,22-,24-/m1/s1. The number of benzene rings is 2. The summed E-state index contributed by atoms with van der Waals surface area (Å²) in [7, 11) is 3.61. The number of likely N-dealkylation sites (N-methyl/N-ethyl adjacent to an activating group) is 1. The Morgan fingerprint density at radius 3 is 2.65 bits per heavy atom.